The van der Waals surface area contributed by atoms with Gasteiger partial charge in [0.25, 0.3) is 0 Å². The zero-order chi connectivity index (χ0) is 26.6. The number of anilines is 1. The molecule has 14 heteroatoms. The number of hydrogen-bond donors (Lipinski definition) is 3. The maximum Gasteiger partial charge on any atom is 0.423 e. The Labute approximate surface area is 211 Å². The Kier molecular flexibility index (Phi) is 9.57. The van der Waals surface area contributed by atoms with Crippen molar-refractivity contribution in [3.63, 3.8) is 0 Å². The molecule has 0 aromatic heterocycles. The second-order valence-corrected chi connectivity index (χ2v) is 8.55. The second-order valence-electron chi connectivity index (χ2n) is 7.35. The van der Waals surface area contributed by atoms with Crippen molar-refractivity contribution in [2.75, 3.05) is 25.6 Å². The van der Waals surface area contributed by atoms with Crippen LogP contribution in [0.5, 0.6) is 0 Å². The van der Waals surface area contributed by atoms with Crippen LogP contribution in [0.3, 0.4) is 0 Å². The number of amides is 1. The molecule has 2 aromatic carbocycles. The van der Waals surface area contributed by atoms with Crippen molar-refractivity contribution in [1.82, 2.24) is 5.32 Å². The van der Waals surface area contributed by atoms with Crippen LogP contribution in [0.2, 0.25) is 15.1 Å². The Balaban J connectivity index is 2.33. The monoisotopic (exact) mass is 566 g/mol. The summed E-state index contributed by atoms with van der Waals surface area (Å²) < 4.78 is 86.9. The first-order valence-corrected chi connectivity index (χ1v) is 10.9. The quantitative estimate of drug-likeness (QED) is 0.250. The highest BCUT2D eigenvalue weighted by molar-refractivity contribution is 6.48. The molecule has 0 aliphatic rings. The van der Waals surface area contributed by atoms with Crippen LogP contribution in [0.4, 0.5) is 32.0 Å². The van der Waals surface area contributed by atoms with Crippen molar-refractivity contribution in [3.05, 3.63) is 62.1 Å². The standard InChI is InChI=1S/C21H19Cl3F6N2O3/c1-35-5-4-17(33)31-9-11-2-3-13(8-14(11)20(25,26)27)32-10-19(34,21(28,29)30)12-6-15(22)18(24)16(23)7-12/h2-3,6-8,32,34H,4-5,9-10H2,1H3,(H,31,33)/t19-/m1/s1. The normalized spacial score (nSPS) is 13.9. The second kappa shape index (κ2) is 11.4. The van der Waals surface area contributed by atoms with Crippen molar-refractivity contribution >= 4 is 46.4 Å². The number of ether oxygens (including phenoxy) is 1. The van der Waals surface area contributed by atoms with Crippen molar-refractivity contribution in [1.29, 1.82) is 0 Å². The van der Waals surface area contributed by atoms with Crippen molar-refractivity contribution in [2.24, 2.45) is 0 Å². The lowest BCUT2D eigenvalue weighted by Crippen LogP contribution is -2.47. The SMILES string of the molecule is COCCC(=O)NCc1ccc(NC[C@@](O)(c2cc(Cl)c(Cl)c(Cl)c2)C(F)(F)F)cc1C(F)(F)F. The highest BCUT2D eigenvalue weighted by Gasteiger charge is 2.55. The average Bonchev–Trinajstić information content (AvgIpc) is 2.76. The summed E-state index contributed by atoms with van der Waals surface area (Å²) in [7, 11) is 1.36. The number of nitrogens with one attached hydrogen (secondary N) is 2. The van der Waals surface area contributed by atoms with Crippen LogP contribution >= 0.6 is 34.8 Å². The smallest absolute Gasteiger partial charge is 0.384 e. The minimum atomic E-state index is -5.26. The average molecular weight is 568 g/mol. The summed E-state index contributed by atoms with van der Waals surface area (Å²) in [6.45, 7) is -1.66. The first-order valence-electron chi connectivity index (χ1n) is 9.74. The molecular formula is C21H19Cl3F6N2O3. The minimum absolute atomic E-state index is 0.0632. The van der Waals surface area contributed by atoms with E-state index in [0.29, 0.717) is 6.07 Å². The third kappa shape index (κ3) is 7.29. The van der Waals surface area contributed by atoms with E-state index < -0.39 is 48.1 Å². The lowest BCUT2D eigenvalue weighted by Gasteiger charge is -2.32. The van der Waals surface area contributed by atoms with Gasteiger partial charge in [-0.25, -0.2) is 0 Å². The van der Waals surface area contributed by atoms with E-state index >= 15 is 0 Å². The molecule has 0 unspecified atom stereocenters. The van der Waals surface area contributed by atoms with E-state index in [1.807, 2.05) is 0 Å². The topological polar surface area (TPSA) is 70.6 Å². The number of alkyl halides is 6. The van der Waals surface area contributed by atoms with Gasteiger partial charge in [-0.2, -0.15) is 26.3 Å². The van der Waals surface area contributed by atoms with E-state index in [1.165, 1.54) is 7.11 Å². The fraction of sp³-hybridized carbons (Fsp3) is 0.381. The van der Waals surface area contributed by atoms with Crippen molar-refractivity contribution in [3.8, 4) is 0 Å². The molecular weight excluding hydrogens is 549 g/mol. The van der Waals surface area contributed by atoms with Crippen LogP contribution in [0, 0.1) is 0 Å². The van der Waals surface area contributed by atoms with Crippen LogP contribution in [0.1, 0.15) is 23.1 Å². The van der Waals surface area contributed by atoms with E-state index in [9.17, 15) is 36.2 Å². The lowest BCUT2D eigenvalue weighted by atomic mass is 9.92. The number of carbonyl (C=O) groups is 1. The molecule has 2 rings (SSSR count). The first-order chi connectivity index (χ1) is 16.1. The zero-order valence-corrected chi connectivity index (χ0v) is 20.1. The summed E-state index contributed by atoms with van der Waals surface area (Å²) >= 11 is 17.3. The fourth-order valence-corrected chi connectivity index (χ4v) is 3.57. The van der Waals surface area contributed by atoms with Gasteiger partial charge in [0.15, 0.2) is 0 Å². The predicted octanol–water partition coefficient (Wildman–Crippen LogP) is 6.18. The van der Waals surface area contributed by atoms with E-state index in [-0.39, 0.29) is 39.3 Å². The summed E-state index contributed by atoms with van der Waals surface area (Å²) in [5, 5.41) is 14.1. The van der Waals surface area contributed by atoms with E-state index in [2.05, 4.69) is 10.6 Å². The number of carbonyl (C=O) groups excluding carboxylic acids is 1. The molecule has 0 saturated heterocycles. The van der Waals surface area contributed by atoms with Crippen LogP contribution in [0.25, 0.3) is 0 Å². The van der Waals surface area contributed by atoms with Gasteiger partial charge in [0.05, 0.1) is 33.8 Å². The molecule has 0 radical (unpaired) electrons. The predicted molar refractivity (Wildman–Crippen MR) is 120 cm³/mol. The molecule has 2 aromatic rings. The molecule has 0 aliphatic carbocycles. The third-order valence-electron chi connectivity index (χ3n) is 4.90. The molecule has 0 bridgehead atoms. The molecule has 1 amide bonds. The van der Waals surface area contributed by atoms with Crippen LogP contribution in [-0.4, -0.2) is 37.5 Å². The van der Waals surface area contributed by atoms with Gasteiger partial charge in [0.2, 0.25) is 11.5 Å². The number of hydrogen-bond acceptors (Lipinski definition) is 4. The van der Waals surface area contributed by atoms with Gasteiger partial charge in [-0.1, -0.05) is 40.9 Å². The summed E-state index contributed by atoms with van der Waals surface area (Å²) in [5.41, 5.74) is -6.18. The summed E-state index contributed by atoms with van der Waals surface area (Å²) in [6.07, 6.45) is -10.2. The van der Waals surface area contributed by atoms with Crippen LogP contribution < -0.4 is 10.6 Å². The Bertz CT molecular complexity index is 1040. The van der Waals surface area contributed by atoms with E-state index in [0.717, 1.165) is 24.3 Å². The van der Waals surface area contributed by atoms with E-state index in [4.69, 9.17) is 39.5 Å². The molecule has 35 heavy (non-hydrogen) atoms. The number of benzene rings is 2. The summed E-state index contributed by atoms with van der Waals surface area (Å²) in [6, 6.07) is 4.20. The third-order valence-corrected chi connectivity index (χ3v) is 6.10. The van der Waals surface area contributed by atoms with Crippen LogP contribution in [0.15, 0.2) is 30.3 Å². The number of halogens is 9. The van der Waals surface area contributed by atoms with Gasteiger partial charge in [-0.3, -0.25) is 4.79 Å². The number of rotatable bonds is 9. The minimum Gasteiger partial charge on any atom is -0.384 e. The molecule has 3 N–H and O–H groups in total. The number of methoxy groups -OCH3 is 1. The van der Waals surface area contributed by atoms with Gasteiger partial charge in [-0.05, 0) is 35.4 Å². The molecule has 0 heterocycles. The molecule has 1 atom stereocenters. The molecule has 0 aliphatic heterocycles. The maximum absolute atomic E-state index is 13.8. The largest absolute Gasteiger partial charge is 0.423 e. The zero-order valence-electron chi connectivity index (χ0n) is 17.9. The number of aliphatic hydroxyl groups is 1. The van der Waals surface area contributed by atoms with E-state index in [1.54, 1.807) is 0 Å². The van der Waals surface area contributed by atoms with Gasteiger partial charge < -0.3 is 20.5 Å². The maximum atomic E-state index is 13.8. The fourth-order valence-electron chi connectivity index (χ4n) is 2.97. The summed E-state index contributed by atoms with van der Waals surface area (Å²) in [5.74, 6) is -0.544. The highest BCUT2D eigenvalue weighted by atomic mass is 35.5. The van der Waals surface area contributed by atoms with Crippen molar-refractivity contribution in [2.45, 2.75) is 30.9 Å². The molecule has 194 valence electrons. The first kappa shape index (κ1) is 29.3. The Morgan fingerprint density at radius 2 is 1.63 bits per heavy atom. The molecule has 0 saturated carbocycles. The molecule has 0 spiro atoms. The Hall–Kier alpha value is -1.92. The lowest BCUT2D eigenvalue weighted by molar-refractivity contribution is -0.260. The summed E-state index contributed by atoms with van der Waals surface area (Å²) in [4.78, 5) is 11.7. The van der Waals surface area contributed by atoms with Gasteiger partial charge in [0.1, 0.15) is 0 Å². The van der Waals surface area contributed by atoms with Gasteiger partial charge in [0, 0.05) is 25.8 Å². The Morgan fingerprint density at radius 3 is 2.14 bits per heavy atom. The highest BCUT2D eigenvalue weighted by Crippen LogP contribution is 2.43. The van der Waals surface area contributed by atoms with Gasteiger partial charge in [-0.15, -0.1) is 0 Å². The Morgan fingerprint density at radius 1 is 1.03 bits per heavy atom. The van der Waals surface area contributed by atoms with Gasteiger partial charge >= 0.3 is 12.4 Å². The van der Waals surface area contributed by atoms with Crippen molar-refractivity contribution < 1.29 is 41.0 Å². The molecule has 0 fully saturated rings. The molecule has 5 nitrogen and oxygen atoms in total. The van der Waals surface area contributed by atoms with Crippen LogP contribution in [-0.2, 0) is 27.9 Å².